The number of carbonyl (C=O) groups is 1. The zero-order chi connectivity index (χ0) is 13.0. The highest BCUT2D eigenvalue weighted by atomic mass is 16.1. The lowest BCUT2D eigenvalue weighted by Gasteiger charge is -2.34. The second kappa shape index (κ2) is 6.70. The second-order valence-corrected chi connectivity index (χ2v) is 6.66. The maximum Gasteiger partial charge on any atom is 0.149 e. The van der Waals surface area contributed by atoms with Crippen molar-refractivity contribution >= 4 is 5.78 Å². The van der Waals surface area contributed by atoms with Crippen LogP contribution in [0.15, 0.2) is 0 Å². The molecule has 0 amide bonds. The van der Waals surface area contributed by atoms with Crippen molar-refractivity contribution in [2.45, 2.75) is 58.8 Å². The Bertz CT molecular complexity index is 260. The summed E-state index contributed by atoms with van der Waals surface area (Å²) >= 11 is 0. The van der Waals surface area contributed by atoms with E-state index in [1.54, 1.807) is 0 Å². The van der Waals surface area contributed by atoms with Crippen LogP contribution >= 0.6 is 0 Å². The number of nitrogens with zero attached hydrogens (tertiary/aromatic N) is 1. The van der Waals surface area contributed by atoms with Gasteiger partial charge in [-0.25, -0.2) is 0 Å². The molecule has 0 radical (unpaired) electrons. The topological polar surface area (TPSA) is 20.3 Å². The Labute approximate surface area is 112 Å². The summed E-state index contributed by atoms with van der Waals surface area (Å²) in [5, 5.41) is 0. The van der Waals surface area contributed by atoms with Gasteiger partial charge >= 0.3 is 0 Å². The molecule has 0 aromatic heterocycles. The van der Waals surface area contributed by atoms with Gasteiger partial charge in [-0.05, 0) is 50.6 Å². The van der Waals surface area contributed by atoms with Crippen molar-refractivity contribution in [1.29, 1.82) is 0 Å². The average molecular weight is 251 g/mol. The number of piperidine rings is 1. The maximum absolute atomic E-state index is 12.2. The molecule has 2 nitrogen and oxygen atoms in total. The van der Waals surface area contributed by atoms with E-state index in [1.165, 1.54) is 32.1 Å². The number of rotatable bonds is 4. The van der Waals surface area contributed by atoms with E-state index in [-0.39, 0.29) is 0 Å². The molecule has 0 bridgehead atoms. The van der Waals surface area contributed by atoms with Gasteiger partial charge in [0.2, 0.25) is 0 Å². The quantitative estimate of drug-likeness (QED) is 0.762. The zero-order valence-electron chi connectivity index (χ0n) is 12.2. The van der Waals surface area contributed by atoms with Crippen LogP contribution in [0.2, 0.25) is 0 Å². The SMILES string of the molecule is CC(C)C1CCN(CC(=O)C2CCCCC2)CC1. The van der Waals surface area contributed by atoms with E-state index in [4.69, 9.17) is 0 Å². The highest BCUT2D eigenvalue weighted by molar-refractivity contribution is 5.83. The van der Waals surface area contributed by atoms with Crippen molar-refractivity contribution in [3.05, 3.63) is 0 Å². The molecular weight excluding hydrogens is 222 g/mol. The fraction of sp³-hybridized carbons (Fsp3) is 0.938. The van der Waals surface area contributed by atoms with Crippen LogP contribution in [0.4, 0.5) is 0 Å². The molecule has 0 unspecified atom stereocenters. The summed E-state index contributed by atoms with van der Waals surface area (Å²) in [6.45, 7) is 7.67. The minimum absolute atomic E-state index is 0.390. The van der Waals surface area contributed by atoms with E-state index in [0.29, 0.717) is 11.7 Å². The number of ketones is 1. The van der Waals surface area contributed by atoms with E-state index < -0.39 is 0 Å². The molecule has 0 N–H and O–H groups in total. The summed E-state index contributed by atoms with van der Waals surface area (Å²) in [6.07, 6.45) is 8.76. The van der Waals surface area contributed by atoms with Crippen LogP contribution < -0.4 is 0 Å². The third kappa shape index (κ3) is 3.81. The summed E-state index contributed by atoms with van der Waals surface area (Å²) < 4.78 is 0. The Hall–Kier alpha value is -0.370. The van der Waals surface area contributed by atoms with Crippen molar-refractivity contribution in [1.82, 2.24) is 4.90 Å². The Kier molecular flexibility index (Phi) is 5.23. The average Bonchev–Trinajstić information content (AvgIpc) is 2.40. The first kappa shape index (κ1) is 14.0. The molecule has 2 heteroatoms. The lowest BCUT2D eigenvalue weighted by Crippen LogP contribution is -2.40. The summed E-state index contributed by atoms with van der Waals surface area (Å²) in [5.41, 5.74) is 0. The number of Topliss-reactive ketones (excluding diaryl/α,β-unsaturated/α-hetero) is 1. The third-order valence-corrected chi connectivity index (χ3v) is 5.02. The van der Waals surface area contributed by atoms with Gasteiger partial charge in [0, 0.05) is 5.92 Å². The number of carbonyl (C=O) groups excluding carboxylic acids is 1. The first-order valence-corrected chi connectivity index (χ1v) is 7.92. The lowest BCUT2D eigenvalue weighted by atomic mass is 9.84. The van der Waals surface area contributed by atoms with Crippen LogP contribution in [0.1, 0.15) is 58.8 Å². The summed E-state index contributed by atoms with van der Waals surface area (Å²) in [6, 6.07) is 0. The molecule has 1 saturated carbocycles. The number of hydrogen-bond donors (Lipinski definition) is 0. The highest BCUT2D eigenvalue weighted by Crippen LogP contribution is 2.27. The fourth-order valence-electron chi connectivity index (χ4n) is 3.55. The van der Waals surface area contributed by atoms with Crippen LogP contribution in [0.5, 0.6) is 0 Å². The molecule has 1 heterocycles. The standard InChI is InChI=1S/C16H29NO/c1-13(2)14-8-10-17(11-9-14)12-16(18)15-6-4-3-5-7-15/h13-15H,3-12H2,1-2H3. The molecule has 1 saturated heterocycles. The van der Waals surface area contributed by atoms with Gasteiger partial charge in [-0.15, -0.1) is 0 Å². The van der Waals surface area contributed by atoms with Crippen LogP contribution in [-0.2, 0) is 4.79 Å². The van der Waals surface area contributed by atoms with E-state index >= 15 is 0 Å². The van der Waals surface area contributed by atoms with Crippen molar-refractivity contribution in [3.63, 3.8) is 0 Å². The van der Waals surface area contributed by atoms with Gasteiger partial charge in [0.1, 0.15) is 5.78 Å². The van der Waals surface area contributed by atoms with Gasteiger partial charge in [0.25, 0.3) is 0 Å². The van der Waals surface area contributed by atoms with Gasteiger partial charge in [-0.2, -0.15) is 0 Å². The van der Waals surface area contributed by atoms with Crippen molar-refractivity contribution < 1.29 is 4.79 Å². The van der Waals surface area contributed by atoms with E-state index in [9.17, 15) is 4.79 Å². The number of hydrogen-bond acceptors (Lipinski definition) is 2. The molecule has 0 atom stereocenters. The molecule has 2 fully saturated rings. The van der Waals surface area contributed by atoms with Gasteiger partial charge in [-0.3, -0.25) is 9.69 Å². The molecule has 0 aromatic rings. The highest BCUT2D eigenvalue weighted by Gasteiger charge is 2.26. The Morgan fingerprint density at radius 3 is 2.22 bits per heavy atom. The zero-order valence-corrected chi connectivity index (χ0v) is 12.2. The summed E-state index contributed by atoms with van der Waals surface area (Å²) in [7, 11) is 0. The fourth-order valence-corrected chi connectivity index (χ4v) is 3.55. The van der Waals surface area contributed by atoms with Gasteiger partial charge in [0.05, 0.1) is 6.54 Å². The molecule has 1 aliphatic heterocycles. The van der Waals surface area contributed by atoms with Crippen LogP contribution in [0.3, 0.4) is 0 Å². The normalized spacial score (nSPS) is 24.6. The molecule has 2 aliphatic rings. The number of likely N-dealkylation sites (tertiary alicyclic amines) is 1. The van der Waals surface area contributed by atoms with Crippen LogP contribution in [0, 0.1) is 17.8 Å². The van der Waals surface area contributed by atoms with E-state index in [1.807, 2.05) is 0 Å². The third-order valence-electron chi connectivity index (χ3n) is 5.02. The minimum Gasteiger partial charge on any atom is -0.298 e. The summed E-state index contributed by atoms with van der Waals surface area (Å²) in [4.78, 5) is 14.6. The van der Waals surface area contributed by atoms with Gasteiger partial charge in [-0.1, -0.05) is 33.1 Å². The predicted octanol–water partition coefficient (Wildman–Crippen LogP) is 3.50. The smallest absolute Gasteiger partial charge is 0.149 e. The molecular formula is C16H29NO. The molecule has 18 heavy (non-hydrogen) atoms. The molecule has 104 valence electrons. The maximum atomic E-state index is 12.2. The summed E-state index contributed by atoms with van der Waals surface area (Å²) in [5.74, 6) is 2.60. The van der Waals surface area contributed by atoms with Crippen molar-refractivity contribution in [3.8, 4) is 0 Å². The first-order valence-electron chi connectivity index (χ1n) is 7.92. The minimum atomic E-state index is 0.390. The molecule has 0 aromatic carbocycles. The van der Waals surface area contributed by atoms with Gasteiger partial charge < -0.3 is 0 Å². The Balaban J connectivity index is 1.72. The van der Waals surface area contributed by atoms with E-state index in [2.05, 4.69) is 18.7 Å². The van der Waals surface area contributed by atoms with Gasteiger partial charge in [0.15, 0.2) is 0 Å². The van der Waals surface area contributed by atoms with Crippen LogP contribution in [0.25, 0.3) is 0 Å². The van der Waals surface area contributed by atoms with Crippen molar-refractivity contribution in [2.75, 3.05) is 19.6 Å². The molecule has 2 rings (SSSR count). The van der Waals surface area contributed by atoms with E-state index in [0.717, 1.165) is 44.3 Å². The predicted molar refractivity (Wildman–Crippen MR) is 75.6 cm³/mol. The second-order valence-electron chi connectivity index (χ2n) is 6.66. The Morgan fingerprint density at radius 2 is 1.67 bits per heavy atom. The Morgan fingerprint density at radius 1 is 1.06 bits per heavy atom. The molecule has 0 spiro atoms. The van der Waals surface area contributed by atoms with Crippen LogP contribution in [-0.4, -0.2) is 30.3 Å². The molecule has 1 aliphatic carbocycles. The largest absolute Gasteiger partial charge is 0.298 e. The van der Waals surface area contributed by atoms with Crippen molar-refractivity contribution in [2.24, 2.45) is 17.8 Å². The monoisotopic (exact) mass is 251 g/mol. The first-order chi connectivity index (χ1) is 8.66. The lowest BCUT2D eigenvalue weighted by molar-refractivity contribution is -0.125.